The average molecular weight is 214 g/mol. The fourth-order valence-electron chi connectivity index (χ4n) is 2.49. The van der Waals surface area contributed by atoms with E-state index >= 15 is 0 Å². The van der Waals surface area contributed by atoms with E-state index in [4.69, 9.17) is 16.2 Å². The molecule has 1 aliphatic carbocycles. The number of nitrogens with two attached hydrogens (primary N) is 2. The molecule has 2 atom stereocenters. The Labute approximate surface area is 93.5 Å². The highest BCUT2D eigenvalue weighted by atomic mass is 16.5. The minimum absolute atomic E-state index is 0.472. The van der Waals surface area contributed by atoms with Gasteiger partial charge in [0.15, 0.2) is 0 Å². The highest BCUT2D eigenvalue weighted by Crippen LogP contribution is 2.30. The molecule has 4 N–H and O–H groups in total. The van der Waals surface area contributed by atoms with Crippen LogP contribution in [0, 0.1) is 5.92 Å². The normalized spacial score (nSPS) is 26.8. The number of unbranched alkanes of at least 4 members (excludes halogenated alkanes) is 1. The van der Waals surface area contributed by atoms with E-state index in [-0.39, 0.29) is 0 Å². The third kappa shape index (κ3) is 4.96. The van der Waals surface area contributed by atoms with Crippen LogP contribution >= 0.6 is 0 Å². The number of hydrogen-bond acceptors (Lipinski definition) is 3. The van der Waals surface area contributed by atoms with Crippen LogP contribution in [0.15, 0.2) is 0 Å². The maximum Gasteiger partial charge on any atom is 0.0603 e. The predicted molar refractivity (Wildman–Crippen MR) is 63.7 cm³/mol. The van der Waals surface area contributed by atoms with Crippen molar-refractivity contribution in [3.8, 4) is 0 Å². The van der Waals surface area contributed by atoms with Crippen LogP contribution in [0.2, 0.25) is 0 Å². The molecule has 0 amide bonds. The number of ether oxygens (including phenoxy) is 1. The highest BCUT2D eigenvalue weighted by Gasteiger charge is 2.24. The Kier molecular flexibility index (Phi) is 6.98. The van der Waals surface area contributed by atoms with Gasteiger partial charge in [0.1, 0.15) is 0 Å². The molecule has 1 aliphatic rings. The standard InChI is InChI=1S/C12H26N2O/c13-8-4-3-6-11-5-1-2-7-12(11)15-10-9-14/h11-12H,1-10,13-14H2/t11-,12?/m1/s1. The summed E-state index contributed by atoms with van der Waals surface area (Å²) in [5, 5.41) is 0. The summed E-state index contributed by atoms with van der Waals surface area (Å²) in [6.07, 6.45) is 9.42. The minimum atomic E-state index is 0.472. The van der Waals surface area contributed by atoms with Gasteiger partial charge < -0.3 is 16.2 Å². The van der Waals surface area contributed by atoms with Gasteiger partial charge in [-0.25, -0.2) is 0 Å². The Morgan fingerprint density at radius 2 is 1.80 bits per heavy atom. The Balaban J connectivity index is 2.22. The monoisotopic (exact) mass is 214 g/mol. The zero-order chi connectivity index (χ0) is 10.9. The molecule has 0 radical (unpaired) electrons. The molecule has 0 bridgehead atoms. The molecular formula is C12H26N2O. The molecule has 0 aromatic rings. The first-order valence-corrected chi connectivity index (χ1v) is 6.40. The second-order valence-electron chi connectivity index (χ2n) is 4.53. The first-order chi connectivity index (χ1) is 7.38. The molecule has 0 saturated heterocycles. The summed E-state index contributed by atoms with van der Waals surface area (Å²) in [7, 11) is 0. The van der Waals surface area contributed by atoms with Gasteiger partial charge in [-0.1, -0.05) is 19.3 Å². The van der Waals surface area contributed by atoms with Crippen LogP contribution in [0.1, 0.15) is 44.9 Å². The SMILES string of the molecule is NCCCC[C@H]1CCCCC1OCCN. The van der Waals surface area contributed by atoms with E-state index < -0.39 is 0 Å². The molecule has 3 nitrogen and oxygen atoms in total. The van der Waals surface area contributed by atoms with Crippen LogP contribution < -0.4 is 11.5 Å². The summed E-state index contributed by atoms with van der Waals surface area (Å²) in [5.41, 5.74) is 11.0. The lowest BCUT2D eigenvalue weighted by Crippen LogP contribution is -2.29. The van der Waals surface area contributed by atoms with Crippen LogP contribution in [-0.2, 0) is 4.74 Å². The van der Waals surface area contributed by atoms with Crippen molar-refractivity contribution in [3.63, 3.8) is 0 Å². The van der Waals surface area contributed by atoms with Crippen molar-refractivity contribution < 1.29 is 4.74 Å². The quantitative estimate of drug-likeness (QED) is 0.633. The summed E-state index contributed by atoms with van der Waals surface area (Å²) < 4.78 is 5.82. The molecule has 3 heteroatoms. The maximum absolute atomic E-state index is 5.82. The van der Waals surface area contributed by atoms with Crippen molar-refractivity contribution in [2.75, 3.05) is 19.7 Å². The van der Waals surface area contributed by atoms with Gasteiger partial charge in [-0.3, -0.25) is 0 Å². The van der Waals surface area contributed by atoms with E-state index in [0.717, 1.165) is 25.5 Å². The van der Waals surface area contributed by atoms with Crippen molar-refractivity contribution in [1.82, 2.24) is 0 Å². The molecule has 90 valence electrons. The summed E-state index contributed by atoms with van der Waals surface area (Å²) in [5.74, 6) is 0.761. The topological polar surface area (TPSA) is 61.3 Å². The van der Waals surface area contributed by atoms with Crippen LogP contribution in [0.25, 0.3) is 0 Å². The van der Waals surface area contributed by atoms with Gasteiger partial charge >= 0.3 is 0 Å². The van der Waals surface area contributed by atoms with E-state index in [2.05, 4.69) is 0 Å². The van der Waals surface area contributed by atoms with Crippen LogP contribution in [0.4, 0.5) is 0 Å². The van der Waals surface area contributed by atoms with Gasteiger partial charge in [-0.05, 0) is 38.1 Å². The molecular weight excluding hydrogens is 188 g/mol. The molecule has 1 saturated carbocycles. The van der Waals surface area contributed by atoms with Gasteiger partial charge in [-0.2, -0.15) is 0 Å². The predicted octanol–water partition coefficient (Wildman–Crippen LogP) is 1.65. The summed E-state index contributed by atoms with van der Waals surface area (Å²) in [6.45, 7) is 2.19. The van der Waals surface area contributed by atoms with E-state index in [0.29, 0.717) is 12.6 Å². The molecule has 0 aromatic carbocycles. The van der Waals surface area contributed by atoms with Crippen LogP contribution in [-0.4, -0.2) is 25.8 Å². The fraction of sp³-hybridized carbons (Fsp3) is 1.00. The smallest absolute Gasteiger partial charge is 0.0603 e. The largest absolute Gasteiger partial charge is 0.377 e. The average Bonchev–Trinajstić information content (AvgIpc) is 2.28. The second-order valence-corrected chi connectivity index (χ2v) is 4.53. The number of rotatable bonds is 7. The summed E-state index contributed by atoms with van der Waals surface area (Å²) >= 11 is 0. The third-order valence-corrected chi connectivity index (χ3v) is 3.32. The highest BCUT2D eigenvalue weighted by molar-refractivity contribution is 4.76. The van der Waals surface area contributed by atoms with Gasteiger partial charge in [0.2, 0.25) is 0 Å². The van der Waals surface area contributed by atoms with E-state index in [1.54, 1.807) is 0 Å². The third-order valence-electron chi connectivity index (χ3n) is 3.32. The maximum atomic E-state index is 5.82. The Bertz CT molecular complexity index is 153. The first-order valence-electron chi connectivity index (χ1n) is 6.40. The fourth-order valence-corrected chi connectivity index (χ4v) is 2.49. The lowest BCUT2D eigenvalue weighted by molar-refractivity contribution is -0.0102. The second kappa shape index (κ2) is 8.08. The molecule has 0 aliphatic heterocycles. The summed E-state index contributed by atoms with van der Waals surface area (Å²) in [4.78, 5) is 0. The summed E-state index contributed by atoms with van der Waals surface area (Å²) in [6, 6.07) is 0. The molecule has 0 aromatic heterocycles. The lowest BCUT2D eigenvalue weighted by Gasteiger charge is -2.31. The zero-order valence-electron chi connectivity index (χ0n) is 9.79. The van der Waals surface area contributed by atoms with Crippen LogP contribution in [0.5, 0.6) is 0 Å². The Morgan fingerprint density at radius 1 is 1.00 bits per heavy atom. The molecule has 1 unspecified atom stereocenters. The van der Waals surface area contributed by atoms with Crippen molar-refractivity contribution in [3.05, 3.63) is 0 Å². The van der Waals surface area contributed by atoms with Crippen molar-refractivity contribution in [1.29, 1.82) is 0 Å². The van der Waals surface area contributed by atoms with Gasteiger partial charge in [0, 0.05) is 6.54 Å². The van der Waals surface area contributed by atoms with E-state index in [9.17, 15) is 0 Å². The minimum Gasteiger partial charge on any atom is -0.377 e. The molecule has 0 heterocycles. The van der Waals surface area contributed by atoms with Gasteiger partial charge in [0.05, 0.1) is 12.7 Å². The lowest BCUT2D eigenvalue weighted by atomic mass is 9.83. The molecule has 0 spiro atoms. The number of hydrogen-bond donors (Lipinski definition) is 2. The van der Waals surface area contributed by atoms with E-state index in [1.165, 1.54) is 38.5 Å². The van der Waals surface area contributed by atoms with Crippen molar-refractivity contribution in [2.45, 2.75) is 51.0 Å². The van der Waals surface area contributed by atoms with Crippen molar-refractivity contribution >= 4 is 0 Å². The molecule has 1 rings (SSSR count). The Morgan fingerprint density at radius 3 is 2.53 bits per heavy atom. The molecule has 1 fully saturated rings. The molecule has 15 heavy (non-hydrogen) atoms. The van der Waals surface area contributed by atoms with Crippen molar-refractivity contribution in [2.24, 2.45) is 17.4 Å². The van der Waals surface area contributed by atoms with Gasteiger partial charge in [-0.15, -0.1) is 0 Å². The van der Waals surface area contributed by atoms with Gasteiger partial charge in [0.25, 0.3) is 0 Å². The van der Waals surface area contributed by atoms with E-state index in [1.807, 2.05) is 0 Å². The zero-order valence-corrected chi connectivity index (χ0v) is 9.79. The van der Waals surface area contributed by atoms with Crippen LogP contribution in [0.3, 0.4) is 0 Å². The Hall–Kier alpha value is -0.120. The first kappa shape index (κ1) is 12.9.